The molecule has 0 saturated heterocycles. The van der Waals surface area contributed by atoms with Gasteiger partial charge in [-0.2, -0.15) is 0 Å². The van der Waals surface area contributed by atoms with E-state index in [4.69, 9.17) is 27.6 Å². The molecule has 278 valence electrons. The molecule has 0 saturated carbocycles. The molecule has 0 fully saturated rings. The number of nitrogens with zero attached hydrogens (tertiary/aromatic N) is 6. The molecule has 2 unspecified atom stereocenters. The second-order valence-electron chi connectivity index (χ2n) is 10.6. The molecule has 0 aliphatic heterocycles. The third-order valence-corrected chi connectivity index (χ3v) is 11.8. The van der Waals surface area contributed by atoms with Crippen LogP contribution in [0.3, 0.4) is 0 Å². The first kappa shape index (κ1) is 41.0. The fourth-order valence-corrected chi connectivity index (χ4v) is 8.42. The summed E-state index contributed by atoms with van der Waals surface area (Å²) in [6, 6.07) is 7.22. The van der Waals surface area contributed by atoms with E-state index in [1.54, 1.807) is 24.3 Å². The summed E-state index contributed by atoms with van der Waals surface area (Å²) in [5.74, 6) is -2.76. The second-order valence-corrected chi connectivity index (χ2v) is 15.1. The molecule has 0 spiro atoms. The maximum Gasteiger partial charge on any atom is 0.379 e. The Morgan fingerprint density at radius 3 is 1.22 bits per heavy atom. The predicted octanol–water partition coefficient (Wildman–Crippen LogP) is 5.04. The van der Waals surface area contributed by atoms with Crippen molar-refractivity contribution in [2.75, 3.05) is 39.6 Å². The zero-order valence-corrected chi connectivity index (χ0v) is 30.7. The average Bonchev–Trinajstić information content (AvgIpc) is 3.70. The quantitative estimate of drug-likeness (QED) is 0.0983. The van der Waals surface area contributed by atoms with Crippen molar-refractivity contribution in [3.8, 4) is 0 Å². The maximum absolute atomic E-state index is 16.3. The van der Waals surface area contributed by atoms with E-state index in [1.807, 2.05) is 0 Å². The van der Waals surface area contributed by atoms with E-state index in [-0.39, 0.29) is 64.1 Å². The fourth-order valence-electron chi connectivity index (χ4n) is 4.81. The molecule has 16 nitrogen and oxygen atoms in total. The molecule has 50 heavy (non-hydrogen) atoms. The van der Waals surface area contributed by atoms with E-state index < -0.39 is 50.8 Å². The van der Waals surface area contributed by atoms with Gasteiger partial charge in [0.25, 0.3) is 0 Å². The fraction of sp³-hybridized carbons (Fsp3) is 0.600. The Labute approximate surface area is 289 Å². The molecule has 0 radical (unpaired) electrons. The number of aromatic nitrogens is 6. The average molecular weight is 749 g/mol. The smallest absolute Gasteiger partial charge is 0.379 e. The topological polar surface area (TPSA) is 185 Å². The third-order valence-electron chi connectivity index (χ3n) is 6.96. The van der Waals surface area contributed by atoms with E-state index >= 15 is 8.78 Å². The van der Waals surface area contributed by atoms with Crippen LogP contribution in [-0.4, -0.2) is 92.4 Å². The third kappa shape index (κ3) is 9.47. The van der Waals surface area contributed by atoms with Crippen LogP contribution in [-0.2, 0) is 72.2 Å². The molecular formula is C30H44F2N6O10P2. The van der Waals surface area contributed by atoms with E-state index in [1.165, 1.54) is 63.3 Å². The van der Waals surface area contributed by atoms with Crippen molar-refractivity contribution in [1.82, 2.24) is 30.0 Å². The van der Waals surface area contributed by atoms with Gasteiger partial charge in [0.15, 0.2) is 0 Å². The molecule has 0 amide bonds. The number of alkyl halides is 2. The van der Waals surface area contributed by atoms with Crippen molar-refractivity contribution in [3.05, 3.63) is 59.2 Å². The van der Waals surface area contributed by atoms with Crippen LogP contribution in [0.4, 0.5) is 8.78 Å². The van der Waals surface area contributed by atoms with Gasteiger partial charge in [-0.25, -0.2) is 27.7 Å². The van der Waals surface area contributed by atoms with E-state index in [0.29, 0.717) is 0 Å². The number of benzene rings is 1. The highest BCUT2D eigenvalue weighted by Gasteiger charge is 2.61. The van der Waals surface area contributed by atoms with Crippen LogP contribution in [0.2, 0.25) is 0 Å². The number of halogens is 2. The number of carbonyl (C=O) groups excluding carboxylic acids is 2. The second kappa shape index (κ2) is 18.2. The number of rotatable bonds is 22. The largest absolute Gasteiger partial charge is 0.463 e. The molecule has 3 aromatic rings. The van der Waals surface area contributed by atoms with Crippen molar-refractivity contribution < 1.29 is 55.1 Å². The first-order chi connectivity index (χ1) is 23.8. The Kier molecular flexibility index (Phi) is 14.9. The first-order valence-electron chi connectivity index (χ1n) is 16.1. The van der Waals surface area contributed by atoms with Crippen LogP contribution < -0.4 is 0 Å². The minimum Gasteiger partial charge on any atom is -0.463 e. The molecule has 0 aliphatic rings. The van der Waals surface area contributed by atoms with Gasteiger partial charge < -0.3 is 27.6 Å². The van der Waals surface area contributed by atoms with Gasteiger partial charge in [-0.15, -0.1) is 10.2 Å². The normalized spacial score (nSPS) is 14.6. The van der Waals surface area contributed by atoms with Gasteiger partial charge in [-0.05, 0) is 52.7 Å². The molecule has 2 aromatic heterocycles. The molecule has 20 heteroatoms. The summed E-state index contributed by atoms with van der Waals surface area (Å²) in [5, 5.41) is 9.66. The lowest BCUT2D eigenvalue weighted by Gasteiger charge is -2.29. The summed E-state index contributed by atoms with van der Waals surface area (Å²) in [7, 11) is -9.21. The number of ether oxygens (including phenoxy) is 2. The Morgan fingerprint density at radius 2 is 0.940 bits per heavy atom. The molecule has 2 atom stereocenters. The van der Waals surface area contributed by atoms with Crippen molar-refractivity contribution in [2.45, 2.75) is 78.3 Å². The Balaban J connectivity index is 1.73. The molecular weight excluding hydrogens is 704 g/mol. The molecule has 1 aromatic carbocycles. The molecule has 0 bridgehead atoms. The summed E-state index contributed by atoms with van der Waals surface area (Å²) in [5.41, 5.74) is 1.63. The molecule has 0 aliphatic carbocycles. The Hall–Kier alpha value is -3.40. The van der Waals surface area contributed by atoms with Crippen LogP contribution in [0.5, 0.6) is 0 Å². The van der Waals surface area contributed by atoms with Crippen LogP contribution in [0.25, 0.3) is 0 Å². The lowest BCUT2D eigenvalue weighted by molar-refractivity contribution is -0.153. The zero-order chi connectivity index (χ0) is 37.0. The van der Waals surface area contributed by atoms with Gasteiger partial charge in [0.1, 0.15) is 0 Å². The van der Waals surface area contributed by atoms with E-state index in [9.17, 15) is 18.7 Å². The first-order valence-corrected chi connectivity index (χ1v) is 19.2. The Morgan fingerprint density at radius 1 is 0.620 bits per heavy atom. The van der Waals surface area contributed by atoms with Crippen LogP contribution in [0.1, 0.15) is 64.1 Å². The van der Waals surface area contributed by atoms with Gasteiger partial charge in [-0.3, -0.25) is 9.13 Å². The van der Waals surface area contributed by atoms with Gasteiger partial charge in [0.2, 0.25) is 0 Å². The highest BCUT2D eigenvalue weighted by atomic mass is 31.2. The lowest BCUT2D eigenvalue weighted by atomic mass is 10.1. The summed E-state index contributed by atoms with van der Waals surface area (Å²) in [6.07, 6.45) is 1.33. The number of hydrogen-bond acceptors (Lipinski definition) is 14. The molecule has 0 N–H and O–H groups in total. The predicted molar refractivity (Wildman–Crippen MR) is 175 cm³/mol. The van der Waals surface area contributed by atoms with Gasteiger partial charge in [0.05, 0.1) is 77.0 Å². The number of carbonyl (C=O) groups is 2. The summed E-state index contributed by atoms with van der Waals surface area (Å²) in [4.78, 5) is 25.4. The van der Waals surface area contributed by atoms with Crippen LogP contribution >= 0.6 is 15.2 Å². The minimum absolute atomic E-state index is 0.0258. The number of esters is 2. The van der Waals surface area contributed by atoms with Gasteiger partial charge in [0, 0.05) is 12.4 Å². The highest BCUT2D eigenvalue weighted by molar-refractivity contribution is 7.56. The van der Waals surface area contributed by atoms with Gasteiger partial charge in [-0.1, -0.05) is 34.7 Å². The van der Waals surface area contributed by atoms with Crippen LogP contribution in [0.15, 0.2) is 36.7 Å². The highest BCUT2D eigenvalue weighted by Crippen LogP contribution is 2.63. The SMILES string of the molecule is CCOC(=O)C(F)(Cc1cn(Cc2ccc(Cn3cc(CC(F)(C(=O)OCC)P(=O)(OCC)OCC)nn3)cc2)nn1)P(=O)(OCC)OCC. The lowest BCUT2D eigenvalue weighted by Crippen LogP contribution is -2.39. The van der Waals surface area contributed by atoms with E-state index in [2.05, 4.69) is 20.6 Å². The van der Waals surface area contributed by atoms with Crippen molar-refractivity contribution >= 4 is 27.1 Å². The van der Waals surface area contributed by atoms with Crippen molar-refractivity contribution in [1.29, 1.82) is 0 Å². The molecule has 3 rings (SSSR count). The summed E-state index contributed by atoms with van der Waals surface area (Å²) < 4.78 is 92.4. The maximum atomic E-state index is 16.3. The summed E-state index contributed by atoms with van der Waals surface area (Å²) >= 11 is 0. The zero-order valence-electron chi connectivity index (χ0n) is 29.0. The minimum atomic E-state index is -4.61. The van der Waals surface area contributed by atoms with Crippen molar-refractivity contribution in [3.63, 3.8) is 0 Å². The Bertz CT molecular complexity index is 1520. The summed E-state index contributed by atoms with van der Waals surface area (Å²) in [6.45, 7) is 8.48. The monoisotopic (exact) mass is 748 g/mol. The standard InChI is InChI=1S/C30H44F2N6O10P2/c1-7-43-27(39)29(31,49(41,45-9-3)46-10-4)17-25-21-37(35-33-25)19-23-13-15-24(16-14-23)20-38-22-26(34-36-38)18-30(32,28(40)44-8-2)50(42,47-11-5)48-12-6/h13-16,21-22H,7-12,17-20H2,1-6H3. The van der Waals surface area contributed by atoms with Crippen LogP contribution in [0, 0.1) is 0 Å². The van der Waals surface area contributed by atoms with Crippen molar-refractivity contribution in [2.24, 2.45) is 0 Å². The molecule has 2 heterocycles. The van der Waals surface area contributed by atoms with Gasteiger partial charge >= 0.3 is 37.9 Å². The number of hydrogen-bond donors (Lipinski definition) is 0. The van der Waals surface area contributed by atoms with E-state index in [0.717, 1.165) is 11.1 Å².